The summed E-state index contributed by atoms with van der Waals surface area (Å²) in [5.74, 6) is 0.475. The lowest BCUT2D eigenvalue weighted by Gasteiger charge is -1.97. The van der Waals surface area contributed by atoms with Crippen LogP contribution in [0.5, 0.6) is 0 Å². The van der Waals surface area contributed by atoms with Crippen molar-refractivity contribution in [3.8, 4) is 0 Å². The molecule has 0 unspecified atom stereocenters. The van der Waals surface area contributed by atoms with Crippen LogP contribution in [0.2, 0.25) is 0 Å². The second kappa shape index (κ2) is 2.83. The SMILES string of the molecule is Fc1cc2c(C3CC3)c[nH]c2cc1Br. The lowest BCUT2D eigenvalue weighted by atomic mass is 10.1. The molecule has 1 aliphatic rings. The first-order chi connectivity index (χ1) is 6.75. The molecule has 3 rings (SSSR count). The Kier molecular flexibility index (Phi) is 1.71. The van der Waals surface area contributed by atoms with Gasteiger partial charge in [-0.05, 0) is 52.4 Å². The highest BCUT2D eigenvalue weighted by molar-refractivity contribution is 9.10. The third kappa shape index (κ3) is 1.19. The van der Waals surface area contributed by atoms with Crippen molar-refractivity contribution in [2.45, 2.75) is 18.8 Å². The summed E-state index contributed by atoms with van der Waals surface area (Å²) in [6.07, 6.45) is 4.49. The predicted octanol–water partition coefficient (Wildman–Crippen LogP) is 3.95. The summed E-state index contributed by atoms with van der Waals surface area (Å²) in [5, 5.41) is 1.04. The van der Waals surface area contributed by atoms with Crippen LogP contribution in [0.15, 0.2) is 22.8 Å². The van der Waals surface area contributed by atoms with Gasteiger partial charge in [-0.15, -0.1) is 0 Å². The molecule has 3 heteroatoms. The lowest BCUT2D eigenvalue weighted by molar-refractivity contribution is 0.623. The maximum absolute atomic E-state index is 13.3. The van der Waals surface area contributed by atoms with Gasteiger partial charge in [0.1, 0.15) is 5.82 Å². The normalized spacial score (nSPS) is 16.4. The first-order valence-corrected chi connectivity index (χ1v) is 5.51. The molecule has 2 aromatic rings. The van der Waals surface area contributed by atoms with Crippen LogP contribution in [-0.2, 0) is 0 Å². The molecule has 0 atom stereocenters. The molecule has 0 bridgehead atoms. The Morgan fingerprint density at radius 1 is 1.36 bits per heavy atom. The molecule has 0 spiro atoms. The van der Waals surface area contributed by atoms with Gasteiger partial charge in [-0.3, -0.25) is 0 Å². The number of halogens is 2. The van der Waals surface area contributed by atoms with Crippen LogP contribution in [0.3, 0.4) is 0 Å². The Bertz CT molecular complexity index is 499. The van der Waals surface area contributed by atoms with E-state index >= 15 is 0 Å². The van der Waals surface area contributed by atoms with E-state index < -0.39 is 0 Å². The van der Waals surface area contributed by atoms with Crippen LogP contribution < -0.4 is 0 Å². The summed E-state index contributed by atoms with van der Waals surface area (Å²) in [6.45, 7) is 0. The van der Waals surface area contributed by atoms with Crippen molar-refractivity contribution < 1.29 is 4.39 Å². The highest BCUT2D eigenvalue weighted by atomic mass is 79.9. The first kappa shape index (κ1) is 8.48. The van der Waals surface area contributed by atoms with Crippen molar-refractivity contribution in [2.75, 3.05) is 0 Å². The molecule has 1 aromatic heterocycles. The van der Waals surface area contributed by atoms with E-state index in [4.69, 9.17) is 0 Å². The average molecular weight is 254 g/mol. The van der Waals surface area contributed by atoms with E-state index in [9.17, 15) is 4.39 Å². The van der Waals surface area contributed by atoms with E-state index in [1.54, 1.807) is 12.1 Å². The number of aromatic nitrogens is 1. The number of benzene rings is 1. The summed E-state index contributed by atoms with van der Waals surface area (Å²) in [7, 11) is 0. The summed E-state index contributed by atoms with van der Waals surface area (Å²) in [4.78, 5) is 3.18. The zero-order chi connectivity index (χ0) is 9.71. The summed E-state index contributed by atoms with van der Waals surface area (Å²) < 4.78 is 13.9. The van der Waals surface area contributed by atoms with Crippen LogP contribution in [0.25, 0.3) is 10.9 Å². The van der Waals surface area contributed by atoms with E-state index in [0.717, 1.165) is 10.9 Å². The number of rotatable bonds is 1. The third-order valence-electron chi connectivity index (χ3n) is 2.77. The summed E-state index contributed by atoms with van der Waals surface area (Å²) >= 11 is 3.18. The number of hydrogen-bond acceptors (Lipinski definition) is 0. The van der Waals surface area contributed by atoms with Gasteiger partial charge < -0.3 is 4.98 Å². The molecule has 0 amide bonds. The molecule has 1 aromatic carbocycles. The van der Waals surface area contributed by atoms with Gasteiger partial charge in [-0.1, -0.05) is 0 Å². The molecule has 1 saturated carbocycles. The van der Waals surface area contributed by atoms with Crippen LogP contribution >= 0.6 is 15.9 Å². The van der Waals surface area contributed by atoms with Crippen molar-refractivity contribution in [1.82, 2.24) is 4.98 Å². The van der Waals surface area contributed by atoms with Crippen molar-refractivity contribution in [3.63, 3.8) is 0 Å². The molecule has 0 saturated heterocycles. The molecule has 1 heterocycles. The number of fused-ring (bicyclic) bond motifs is 1. The molecule has 1 N–H and O–H groups in total. The van der Waals surface area contributed by atoms with Gasteiger partial charge in [0.05, 0.1) is 4.47 Å². The zero-order valence-corrected chi connectivity index (χ0v) is 9.07. The van der Waals surface area contributed by atoms with Crippen molar-refractivity contribution in [1.29, 1.82) is 0 Å². The topological polar surface area (TPSA) is 15.8 Å². The minimum absolute atomic E-state index is 0.181. The monoisotopic (exact) mass is 253 g/mol. The molecule has 14 heavy (non-hydrogen) atoms. The van der Waals surface area contributed by atoms with Crippen LogP contribution in [0.1, 0.15) is 24.3 Å². The number of nitrogens with one attached hydrogen (secondary N) is 1. The van der Waals surface area contributed by atoms with Gasteiger partial charge in [0.25, 0.3) is 0 Å². The van der Waals surface area contributed by atoms with Crippen LogP contribution in [0, 0.1) is 5.82 Å². The number of aromatic amines is 1. The van der Waals surface area contributed by atoms with Gasteiger partial charge in [-0.25, -0.2) is 4.39 Å². The maximum Gasteiger partial charge on any atom is 0.138 e. The van der Waals surface area contributed by atoms with E-state index in [-0.39, 0.29) is 5.82 Å². The minimum atomic E-state index is -0.181. The standard InChI is InChI=1S/C11H9BrFN/c12-9-4-11-7(3-10(9)13)8(5-14-11)6-1-2-6/h3-6,14H,1-2H2. The molecule has 1 aliphatic carbocycles. The highest BCUT2D eigenvalue weighted by Crippen LogP contribution is 2.43. The average Bonchev–Trinajstić information content (AvgIpc) is 2.91. The molecule has 0 aliphatic heterocycles. The Labute approximate surface area is 89.4 Å². The lowest BCUT2D eigenvalue weighted by Crippen LogP contribution is -1.79. The van der Waals surface area contributed by atoms with E-state index in [0.29, 0.717) is 10.4 Å². The Hall–Kier alpha value is -0.830. The molecule has 0 radical (unpaired) electrons. The third-order valence-corrected chi connectivity index (χ3v) is 3.38. The van der Waals surface area contributed by atoms with Crippen LogP contribution in [-0.4, -0.2) is 4.98 Å². The van der Waals surface area contributed by atoms with E-state index in [2.05, 4.69) is 20.9 Å². The smallest absolute Gasteiger partial charge is 0.138 e. The number of hydrogen-bond donors (Lipinski definition) is 1. The largest absolute Gasteiger partial charge is 0.361 e. The molecular formula is C11H9BrFN. The van der Waals surface area contributed by atoms with Gasteiger partial charge in [-0.2, -0.15) is 0 Å². The predicted molar refractivity (Wildman–Crippen MR) is 57.9 cm³/mol. The van der Waals surface area contributed by atoms with E-state index in [1.165, 1.54) is 18.4 Å². The second-order valence-electron chi connectivity index (χ2n) is 3.83. The van der Waals surface area contributed by atoms with Gasteiger partial charge in [0, 0.05) is 17.1 Å². The highest BCUT2D eigenvalue weighted by Gasteiger charge is 2.26. The van der Waals surface area contributed by atoms with Gasteiger partial charge in [0.2, 0.25) is 0 Å². The van der Waals surface area contributed by atoms with Gasteiger partial charge >= 0.3 is 0 Å². The minimum Gasteiger partial charge on any atom is -0.361 e. The maximum atomic E-state index is 13.3. The van der Waals surface area contributed by atoms with E-state index in [1.807, 2.05) is 6.20 Å². The summed E-state index contributed by atoms with van der Waals surface area (Å²) in [5.41, 5.74) is 2.28. The van der Waals surface area contributed by atoms with Crippen molar-refractivity contribution in [3.05, 3.63) is 34.2 Å². The molecule has 1 fully saturated rings. The van der Waals surface area contributed by atoms with Crippen molar-refractivity contribution >= 4 is 26.8 Å². The Morgan fingerprint density at radius 2 is 2.14 bits per heavy atom. The molecule has 72 valence electrons. The van der Waals surface area contributed by atoms with Crippen molar-refractivity contribution in [2.24, 2.45) is 0 Å². The Balaban J connectivity index is 2.29. The molecule has 1 nitrogen and oxygen atoms in total. The second-order valence-corrected chi connectivity index (χ2v) is 4.68. The number of H-pyrrole nitrogens is 1. The molecular weight excluding hydrogens is 245 g/mol. The zero-order valence-electron chi connectivity index (χ0n) is 7.48. The fourth-order valence-corrected chi connectivity index (χ4v) is 2.21. The van der Waals surface area contributed by atoms with Gasteiger partial charge in [0.15, 0.2) is 0 Å². The quantitative estimate of drug-likeness (QED) is 0.793. The fourth-order valence-electron chi connectivity index (χ4n) is 1.87. The first-order valence-electron chi connectivity index (χ1n) is 4.72. The fraction of sp³-hybridized carbons (Fsp3) is 0.273. The Morgan fingerprint density at radius 3 is 2.86 bits per heavy atom. The summed E-state index contributed by atoms with van der Waals surface area (Å²) in [6, 6.07) is 3.42. The van der Waals surface area contributed by atoms with Crippen LogP contribution in [0.4, 0.5) is 4.39 Å².